The first-order valence-electron chi connectivity index (χ1n) is 5.08. The topological polar surface area (TPSA) is 83.6 Å². The van der Waals surface area contributed by atoms with Crippen molar-refractivity contribution in [2.45, 2.75) is 19.8 Å². The van der Waals surface area contributed by atoms with Crippen LogP contribution in [0.15, 0.2) is 10.5 Å². The van der Waals surface area contributed by atoms with Crippen molar-refractivity contribution in [2.24, 2.45) is 0 Å². The monoisotopic (exact) mass is 255 g/mol. The van der Waals surface area contributed by atoms with Crippen LogP contribution >= 0.6 is 11.6 Å². The van der Waals surface area contributed by atoms with E-state index in [0.29, 0.717) is 12.0 Å². The quantitative estimate of drug-likeness (QED) is 0.881. The maximum atomic E-state index is 10.7. The molecule has 2 rings (SSSR count). The van der Waals surface area contributed by atoms with Crippen LogP contribution in [0.2, 0.25) is 5.02 Å². The fourth-order valence-electron chi connectivity index (χ4n) is 1.62. The van der Waals surface area contributed by atoms with Crippen molar-refractivity contribution < 1.29 is 19.4 Å². The van der Waals surface area contributed by atoms with Crippen molar-refractivity contribution in [3.63, 3.8) is 0 Å². The summed E-state index contributed by atoms with van der Waals surface area (Å²) in [4.78, 5) is 14.4. The molecule has 0 fully saturated rings. The summed E-state index contributed by atoms with van der Waals surface area (Å²) in [6, 6.07) is 1.61. The summed E-state index contributed by atoms with van der Waals surface area (Å²) in [6.45, 7) is 1.97. The van der Waals surface area contributed by atoms with Crippen LogP contribution in [0, 0.1) is 0 Å². The lowest BCUT2D eigenvalue weighted by Crippen LogP contribution is -1.94. The van der Waals surface area contributed by atoms with E-state index in [1.54, 1.807) is 6.07 Å². The van der Waals surface area contributed by atoms with Gasteiger partial charge in [0.25, 0.3) is 0 Å². The fraction of sp³-hybridized carbons (Fsp3) is 0.273. The molecule has 1 aromatic carbocycles. The third kappa shape index (κ3) is 1.93. The largest absolute Gasteiger partial charge is 0.504 e. The van der Waals surface area contributed by atoms with Crippen LogP contribution in [0.1, 0.15) is 29.6 Å². The molecule has 0 radical (unpaired) electrons. The minimum Gasteiger partial charge on any atom is -0.504 e. The molecule has 2 N–H and O–H groups in total. The first-order chi connectivity index (χ1) is 8.04. The molecule has 5 nitrogen and oxygen atoms in total. The van der Waals surface area contributed by atoms with Crippen molar-refractivity contribution in [1.29, 1.82) is 0 Å². The number of rotatable bonds is 3. The van der Waals surface area contributed by atoms with Crippen LogP contribution in [-0.4, -0.2) is 21.2 Å². The first kappa shape index (κ1) is 11.7. The van der Waals surface area contributed by atoms with E-state index >= 15 is 0 Å². The lowest BCUT2D eigenvalue weighted by Gasteiger charge is -2.04. The number of carboxylic acids is 1. The molecule has 17 heavy (non-hydrogen) atoms. The number of halogens is 1. The van der Waals surface area contributed by atoms with E-state index in [0.717, 1.165) is 6.42 Å². The summed E-state index contributed by atoms with van der Waals surface area (Å²) in [5.74, 6) is -1.97. The zero-order valence-corrected chi connectivity index (χ0v) is 9.78. The van der Waals surface area contributed by atoms with Gasteiger partial charge in [-0.05, 0) is 18.1 Å². The predicted octanol–water partition coefficient (Wildman–Crippen LogP) is 2.84. The SMILES string of the molecule is CCCc1cc2oc(C(=O)O)nc2c(O)c1Cl. The number of aromatic hydroxyl groups is 1. The number of fused-ring (bicyclic) bond motifs is 1. The molecule has 0 aliphatic carbocycles. The Labute approximate surface area is 102 Å². The second kappa shape index (κ2) is 4.25. The summed E-state index contributed by atoms with van der Waals surface area (Å²) in [5, 5.41) is 18.8. The second-order valence-electron chi connectivity index (χ2n) is 3.62. The van der Waals surface area contributed by atoms with E-state index in [9.17, 15) is 9.90 Å². The summed E-state index contributed by atoms with van der Waals surface area (Å²) in [5.41, 5.74) is 1.02. The molecule has 0 saturated carbocycles. The number of benzene rings is 1. The van der Waals surface area contributed by atoms with E-state index in [1.165, 1.54) is 0 Å². The van der Waals surface area contributed by atoms with E-state index in [1.807, 2.05) is 6.92 Å². The summed E-state index contributed by atoms with van der Waals surface area (Å²) in [6.07, 6.45) is 1.52. The highest BCUT2D eigenvalue weighted by molar-refractivity contribution is 6.33. The van der Waals surface area contributed by atoms with Gasteiger partial charge in [-0.15, -0.1) is 0 Å². The van der Waals surface area contributed by atoms with Gasteiger partial charge in [0.1, 0.15) is 0 Å². The Balaban J connectivity index is 2.68. The van der Waals surface area contributed by atoms with E-state index in [-0.39, 0.29) is 21.9 Å². The predicted molar refractivity (Wildman–Crippen MR) is 61.6 cm³/mol. The van der Waals surface area contributed by atoms with Crippen molar-refractivity contribution in [1.82, 2.24) is 4.98 Å². The maximum Gasteiger partial charge on any atom is 0.392 e. The van der Waals surface area contributed by atoms with Gasteiger partial charge in [-0.3, -0.25) is 0 Å². The molecular formula is C11H10ClNO4. The van der Waals surface area contributed by atoms with Gasteiger partial charge in [0, 0.05) is 0 Å². The van der Waals surface area contributed by atoms with Gasteiger partial charge in [-0.1, -0.05) is 24.9 Å². The molecule has 0 unspecified atom stereocenters. The van der Waals surface area contributed by atoms with Gasteiger partial charge in [0.05, 0.1) is 5.02 Å². The number of aromatic nitrogens is 1. The molecule has 0 amide bonds. The third-order valence-corrected chi connectivity index (χ3v) is 2.80. The fourth-order valence-corrected chi connectivity index (χ4v) is 1.86. The standard InChI is InChI=1S/C11H10ClNO4/c1-2-3-5-4-6-8(9(14)7(5)12)13-10(17-6)11(15)16/h4,14H,2-3H2,1H3,(H,15,16). The molecule has 0 atom stereocenters. The molecule has 0 spiro atoms. The number of oxazole rings is 1. The Morgan fingerprint density at radius 1 is 1.59 bits per heavy atom. The molecule has 1 aromatic heterocycles. The molecule has 0 saturated heterocycles. The number of nitrogens with zero attached hydrogens (tertiary/aromatic N) is 1. The van der Waals surface area contributed by atoms with Gasteiger partial charge in [0.15, 0.2) is 16.8 Å². The van der Waals surface area contributed by atoms with Crippen LogP contribution in [0.3, 0.4) is 0 Å². The minimum absolute atomic E-state index is 0.0762. The Hall–Kier alpha value is -1.75. The Kier molecular flexibility index (Phi) is 2.93. The summed E-state index contributed by atoms with van der Waals surface area (Å²) in [7, 11) is 0. The van der Waals surface area contributed by atoms with E-state index in [2.05, 4.69) is 4.98 Å². The highest BCUT2D eigenvalue weighted by Gasteiger charge is 2.19. The normalized spacial score (nSPS) is 10.9. The number of carbonyl (C=O) groups is 1. The molecule has 0 aliphatic rings. The van der Waals surface area contributed by atoms with Crippen LogP contribution < -0.4 is 0 Å². The number of hydrogen-bond donors (Lipinski definition) is 2. The number of hydrogen-bond acceptors (Lipinski definition) is 4. The van der Waals surface area contributed by atoms with Gasteiger partial charge >= 0.3 is 11.9 Å². The Bertz CT molecular complexity index is 591. The van der Waals surface area contributed by atoms with Gasteiger partial charge < -0.3 is 14.6 Å². The molecule has 0 bridgehead atoms. The maximum absolute atomic E-state index is 10.7. The average molecular weight is 256 g/mol. The van der Waals surface area contributed by atoms with E-state index in [4.69, 9.17) is 21.1 Å². The van der Waals surface area contributed by atoms with Crippen molar-refractivity contribution in [3.8, 4) is 5.75 Å². The summed E-state index contributed by atoms with van der Waals surface area (Å²) >= 11 is 5.96. The lowest BCUT2D eigenvalue weighted by atomic mass is 10.1. The molecular weight excluding hydrogens is 246 g/mol. The smallest absolute Gasteiger partial charge is 0.392 e. The first-order valence-corrected chi connectivity index (χ1v) is 5.46. The number of carboxylic acid groups (broad SMARTS) is 1. The van der Waals surface area contributed by atoms with Gasteiger partial charge in [0.2, 0.25) is 0 Å². The highest BCUT2D eigenvalue weighted by atomic mass is 35.5. The average Bonchev–Trinajstić information content (AvgIpc) is 2.70. The summed E-state index contributed by atoms with van der Waals surface area (Å²) < 4.78 is 5.02. The lowest BCUT2D eigenvalue weighted by molar-refractivity contribution is 0.0656. The zero-order chi connectivity index (χ0) is 12.6. The number of phenols is 1. The van der Waals surface area contributed by atoms with Crippen molar-refractivity contribution >= 4 is 28.7 Å². The van der Waals surface area contributed by atoms with Crippen LogP contribution in [-0.2, 0) is 6.42 Å². The van der Waals surface area contributed by atoms with E-state index < -0.39 is 11.9 Å². The Morgan fingerprint density at radius 2 is 2.29 bits per heavy atom. The second-order valence-corrected chi connectivity index (χ2v) is 4.00. The molecule has 6 heteroatoms. The zero-order valence-electron chi connectivity index (χ0n) is 9.03. The van der Waals surface area contributed by atoms with Crippen LogP contribution in [0.5, 0.6) is 5.75 Å². The Morgan fingerprint density at radius 3 is 2.88 bits per heavy atom. The highest BCUT2D eigenvalue weighted by Crippen LogP contribution is 2.36. The molecule has 2 aromatic rings. The van der Waals surface area contributed by atoms with Crippen molar-refractivity contribution in [3.05, 3.63) is 22.5 Å². The molecule has 1 heterocycles. The van der Waals surface area contributed by atoms with Crippen LogP contribution in [0.4, 0.5) is 0 Å². The molecule has 90 valence electrons. The van der Waals surface area contributed by atoms with Gasteiger partial charge in [-0.2, -0.15) is 4.98 Å². The number of aryl methyl sites for hydroxylation is 1. The van der Waals surface area contributed by atoms with Crippen molar-refractivity contribution in [2.75, 3.05) is 0 Å². The van der Waals surface area contributed by atoms with Gasteiger partial charge in [-0.25, -0.2) is 4.79 Å². The number of aromatic carboxylic acids is 1. The third-order valence-electron chi connectivity index (χ3n) is 2.38. The molecule has 0 aliphatic heterocycles. The van der Waals surface area contributed by atoms with Crippen LogP contribution in [0.25, 0.3) is 11.1 Å². The minimum atomic E-state index is -1.28. The number of phenolic OH excluding ortho intramolecular Hbond substituents is 1.